The summed E-state index contributed by atoms with van der Waals surface area (Å²) in [5.74, 6) is 1.05. The van der Waals surface area contributed by atoms with E-state index in [0.29, 0.717) is 0 Å². The van der Waals surface area contributed by atoms with Gasteiger partial charge in [-0.15, -0.1) is 0 Å². The van der Waals surface area contributed by atoms with Gasteiger partial charge in [-0.1, -0.05) is 13.2 Å². The van der Waals surface area contributed by atoms with Crippen LogP contribution in [0.25, 0.3) is 0 Å². The Labute approximate surface area is 73.2 Å². The van der Waals surface area contributed by atoms with E-state index in [0.717, 1.165) is 25.7 Å². The van der Waals surface area contributed by atoms with Crippen molar-refractivity contribution >= 4 is 0 Å². The van der Waals surface area contributed by atoms with Crippen LogP contribution in [0.4, 0.5) is 0 Å². The second kappa shape index (κ2) is 3.65. The maximum atomic E-state index is 9.12. The molecule has 0 heterocycles. The predicted octanol–water partition coefficient (Wildman–Crippen LogP) is 2.94. The van der Waals surface area contributed by atoms with Crippen molar-refractivity contribution in [2.75, 3.05) is 0 Å². The molecule has 2 nitrogen and oxygen atoms in total. The quantitative estimate of drug-likeness (QED) is 0.622. The molecule has 0 unspecified atom stereocenters. The molecule has 0 amide bonds. The smallest absolute Gasteiger partial charge is 0.0881 e. The molecule has 12 heavy (non-hydrogen) atoms. The first-order chi connectivity index (χ1) is 5.61. The maximum absolute atomic E-state index is 9.12. The first-order valence-corrected chi connectivity index (χ1v) is 4.36. The zero-order valence-electron chi connectivity index (χ0n) is 7.29. The zero-order chi connectivity index (χ0) is 9.14. The lowest BCUT2D eigenvalue weighted by Crippen LogP contribution is -2.16. The molecule has 0 aromatic heterocycles. The van der Waals surface area contributed by atoms with E-state index in [-0.39, 0.29) is 23.4 Å². The molecule has 68 valence electrons. The van der Waals surface area contributed by atoms with Crippen molar-refractivity contribution in [1.29, 1.82) is 0 Å². The Bertz CT molecular complexity index is 166. The van der Waals surface area contributed by atoms with Crippen molar-refractivity contribution in [3.63, 3.8) is 0 Å². The van der Waals surface area contributed by atoms with Gasteiger partial charge >= 0.3 is 0 Å². The molecule has 1 fully saturated rings. The van der Waals surface area contributed by atoms with Crippen LogP contribution in [0.1, 0.15) is 25.7 Å². The molecule has 0 saturated heterocycles. The standard InChI is InChI=1S/C10H16O2/c1-7(11)9-3-5-10(6-4-9)8(2)12/h9-12H,1-6H2. The minimum Gasteiger partial charge on any atom is -0.513 e. The normalized spacial score (nSPS) is 29.7. The number of aliphatic hydroxyl groups is 2. The van der Waals surface area contributed by atoms with E-state index in [9.17, 15) is 0 Å². The molecule has 0 spiro atoms. The van der Waals surface area contributed by atoms with Gasteiger partial charge in [0.2, 0.25) is 0 Å². The lowest BCUT2D eigenvalue weighted by atomic mass is 9.81. The topological polar surface area (TPSA) is 40.5 Å². The van der Waals surface area contributed by atoms with Crippen LogP contribution in [0.2, 0.25) is 0 Å². The van der Waals surface area contributed by atoms with Gasteiger partial charge in [0.15, 0.2) is 0 Å². The minimum absolute atomic E-state index is 0.237. The third-order valence-corrected chi connectivity index (χ3v) is 2.67. The summed E-state index contributed by atoms with van der Waals surface area (Å²) in [5.41, 5.74) is 0. The van der Waals surface area contributed by atoms with Gasteiger partial charge in [-0.25, -0.2) is 0 Å². The number of hydrogen-bond acceptors (Lipinski definition) is 2. The van der Waals surface area contributed by atoms with Crippen molar-refractivity contribution in [2.24, 2.45) is 11.8 Å². The molecule has 2 N–H and O–H groups in total. The van der Waals surface area contributed by atoms with Gasteiger partial charge in [0.05, 0.1) is 11.5 Å². The average Bonchev–Trinajstić information content (AvgIpc) is 2.04. The summed E-state index contributed by atoms with van der Waals surface area (Å²) < 4.78 is 0. The van der Waals surface area contributed by atoms with E-state index in [1.165, 1.54) is 0 Å². The minimum atomic E-state index is 0.237. The first-order valence-electron chi connectivity index (χ1n) is 4.36. The van der Waals surface area contributed by atoms with Gasteiger partial charge in [-0.2, -0.15) is 0 Å². The molecule has 0 aliphatic heterocycles. The highest BCUT2D eigenvalue weighted by Crippen LogP contribution is 2.34. The lowest BCUT2D eigenvalue weighted by molar-refractivity contribution is 0.216. The number of allylic oxidation sites excluding steroid dienone is 2. The lowest BCUT2D eigenvalue weighted by Gasteiger charge is -2.26. The third-order valence-electron chi connectivity index (χ3n) is 2.67. The first kappa shape index (κ1) is 9.17. The van der Waals surface area contributed by atoms with Crippen molar-refractivity contribution in [1.82, 2.24) is 0 Å². The summed E-state index contributed by atoms with van der Waals surface area (Å²) in [5, 5.41) is 18.2. The van der Waals surface area contributed by atoms with Crippen LogP contribution < -0.4 is 0 Å². The molecule has 2 heteroatoms. The van der Waals surface area contributed by atoms with Crippen molar-refractivity contribution < 1.29 is 10.2 Å². The highest BCUT2D eigenvalue weighted by molar-refractivity contribution is 4.97. The van der Waals surface area contributed by atoms with Gasteiger partial charge in [0.25, 0.3) is 0 Å². The highest BCUT2D eigenvalue weighted by atomic mass is 16.3. The van der Waals surface area contributed by atoms with Crippen LogP contribution in [-0.2, 0) is 0 Å². The SMILES string of the molecule is C=C(O)C1CCC(C(=C)O)CC1. The fourth-order valence-corrected chi connectivity index (χ4v) is 1.76. The summed E-state index contributed by atoms with van der Waals surface area (Å²) >= 11 is 0. The summed E-state index contributed by atoms with van der Waals surface area (Å²) in [6.45, 7) is 7.04. The summed E-state index contributed by atoms with van der Waals surface area (Å²) in [4.78, 5) is 0. The van der Waals surface area contributed by atoms with E-state index in [1.807, 2.05) is 0 Å². The fraction of sp³-hybridized carbons (Fsp3) is 0.600. The Kier molecular flexibility index (Phi) is 2.79. The largest absolute Gasteiger partial charge is 0.513 e. The second-order valence-electron chi connectivity index (χ2n) is 3.53. The van der Waals surface area contributed by atoms with E-state index in [2.05, 4.69) is 13.2 Å². The molecular weight excluding hydrogens is 152 g/mol. The molecule has 1 saturated carbocycles. The van der Waals surface area contributed by atoms with Crippen LogP contribution in [0, 0.1) is 11.8 Å². The third kappa shape index (κ3) is 2.03. The Morgan fingerprint density at radius 2 is 1.08 bits per heavy atom. The van der Waals surface area contributed by atoms with Gasteiger partial charge in [-0.05, 0) is 25.7 Å². The molecule has 0 atom stereocenters. The molecule has 1 rings (SSSR count). The molecular formula is C10H16O2. The highest BCUT2D eigenvalue weighted by Gasteiger charge is 2.24. The number of rotatable bonds is 2. The molecule has 1 aliphatic carbocycles. The van der Waals surface area contributed by atoms with Gasteiger partial charge in [-0.3, -0.25) is 0 Å². The molecule has 1 aliphatic rings. The van der Waals surface area contributed by atoms with E-state index in [1.54, 1.807) is 0 Å². The average molecular weight is 168 g/mol. The van der Waals surface area contributed by atoms with Gasteiger partial charge < -0.3 is 10.2 Å². The van der Waals surface area contributed by atoms with Crippen LogP contribution >= 0.6 is 0 Å². The summed E-state index contributed by atoms with van der Waals surface area (Å²) in [7, 11) is 0. The molecule has 0 bridgehead atoms. The van der Waals surface area contributed by atoms with Crippen molar-refractivity contribution in [2.45, 2.75) is 25.7 Å². The van der Waals surface area contributed by atoms with E-state index in [4.69, 9.17) is 10.2 Å². The van der Waals surface area contributed by atoms with E-state index < -0.39 is 0 Å². The predicted molar refractivity (Wildman–Crippen MR) is 49.0 cm³/mol. The van der Waals surface area contributed by atoms with Gasteiger partial charge in [0.1, 0.15) is 0 Å². The Morgan fingerprint density at radius 1 is 0.833 bits per heavy atom. The fourth-order valence-electron chi connectivity index (χ4n) is 1.76. The summed E-state index contributed by atoms with van der Waals surface area (Å²) in [6, 6.07) is 0. The van der Waals surface area contributed by atoms with Gasteiger partial charge in [0, 0.05) is 11.8 Å². The van der Waals surface area contributed by atoms with Crippen LogP contribution in [0.3, 0.4) is 0 Å². The van der Waals surface area contributed by atoms with Crippen molar-refractivity contribution in [3.05, 3.63) is 24.7 Å². The molecule has 0 radical (unpaired) electrons. The molecule has 0 aromatic carbocycles. The van der Waals surface area contributed by atoms with Crippen LogP contribution in [0.5, 0.6) is 0 Å². The Hall–Kier alpha value is -0.920. The Morgan fingerprint density at radius 3 is 1.25 bits per heavy atom. The van der Waals surface area contributed by atoms with Crippen molar-refractivity contribution in [3.8, 4) is 0 Å². The maximum Gasteiger partial charge on any atom is 0.0881 e. The van der Waals surface area contributed by atoms with E-state index >= 15 is 0 Å². The Balaban J connectivity index is 2.39. The number of aliphatic hydroxyl groups excluding tert-OH is 2. The van der Waals surface area contributed by atoms with Crippen LogP contribution in [0.15, 0.2) is 24.7 Å². The zero-order valence-corrected chi connectivity index (χ0v) is 7.29. The second-order valence-corrected chi connectivity index (χ2v) is 3.53. The number of hydrogen-bond donors (Lipinski definition) is 2. The van der Waals surface area contributed by atoms with Crippen LogP contribution in [-0.4, -0.2) is 10.2 Å². The molecule has 0 aromatic rings. The summed E-state index contributed by atoms with van der Waals surface area (Å²) in [6.07, 6.45) is 3.66. The monoisotopic (exact) mass is 168 g/mol.